The van der Waals surface area contributed by atoms with Crippen molar-refractivity contribution in [3.05, 3.63) is 93.7 Å². The average Bonchev–Trinajstić information content (AvgIpc) is 3.67. The Bertz CT molecular complexity index is 2160. The molecule has 1 N–H and O–H groups in total. The van der Waals surface area contributed by atoms with Crippen molar-refractivity contribution in [2.45, 2.75) is 50.0 Å². The molecule has 242 valence electrons. The molecule has 7 rings (SSSR count). The van der Waals surface area contributed by atoms with Gasteiger partial charge in [0.05, 0.1) is 41.7 Å². The molecule has 0 aliphatic carbocycles. The molecule has 8 bridgehead atoms. The fourth-order valence-electron chi connectivity index (χ4n) is 6.85. The second-order valence-corrected chi connectivity index (χ2v) is 13.3. The highest BCUT2D eigenvalue weighted by Gasteiger charge is 2.28. The lowest BCUT2D eigenvalue weighted by Gasteiger charge is -2.13. The lowest BCUT2D eigenvalue weighted by molar-refractivity contribution is 0.0685. The zero-order chi connectivity index (χ0) is 32.8. The molecule has 0 amide bonds. The van der Waals surface area contributed by atoms with Crippen LogP contribution in [0.3, 0.4) is 0 Å². The van der Waals surface area contributed by atoms with Gasteiger partial charge in [0.2, 0.25) is 0 Å². The van der Waals surface area contributed by atoms with Gasteiger partial charge in [0.15, 0.2) is 0 Å². The summed E-state index contributed by atoms with van der Waals surface area (Å²) in [6.07, 6.45) is 1.87. The summed E-state index contributed by atoms with van der Waals surface area (Å²) in [5, 5.41) is 23.6. The van der Waals surface area contributed by atoms with Gasteiger partial charge in [0.1, 0.15) is 11.4 Å². The molecule has 0 radical (unpaired) electrons. The Balaban J connectivity index is 1.37. The van der Waals surface area contributed by atoms with Crippen LogP contribution < -0.4 is 4.74 Å². The summed E-state index contributed by atoms with van der Waals surface area (Å²) in [6, 6.07) is 18.4. The number of aryl methyl sites for hydroxylation is 4. The maximum absolute atomic E-state index is 12.8. The van der Waals surface area contributed by atoms with E-state index in [9.17, 15) is 9.90 Å². The van der Waals surface area contributed by atoms with Gasteiger partial charge in [-0.3, -0.25) is 9.36 Å². The standard InChI is InChI=1S/C36H36ClN5O4S/c1-5-30-33-29(39-42(30)4)19-45-18-22-16-23(41(3)38-22)20-47-24-15-21-9-6-7-10-25(21)31(17-24)46-14-8-11-26-27-12-13-28(37)32(33)34(27)40(2)35(26)36(43)44/h6-7,9-10,12-13,15-17H,5,8,11,14,18-20H2,1-4H3,(H,43,44). The summed E-state index contributed by atoms with van der Waals surface area (Å²) in [5.41, 5.74) is 7.11. The molecule has 1 aliphatic rings. The first-order valence-corrected chi connectivity index (χ1v) is 17.1. The second-order valence-electron chi connectivity index (χ2n) is 11.9. The van der Waals surface area contributed by atoms with E-state index in [-0.39, 0.29) is 12.3 Å². The largest absolute Gasteiger partial charge is 0.493 e. The molecule has 0 saturated heterocycles. The first-order chi connectivity index (χ1) is 22.7. The molecule has 1 aliphatic heterocycles. The molecule has 47 heavy (non-hydrogen) atoms. The van der Waals surface area contributed by atoms with Crippen LogP contribution in [-0.2, 0) is 57.7 Å². The van der Waals surface area contributed by atoms with E-state index in [2.05, 4.69) is 37.3 Å². The quantitative estimate of drug-likeness (QED) is 0.202. The Morgan fingerprint density at radius 2 is 1.83 bits per heavy atom. The molecule has 0 spiro atoms. The molecule has 11 heteroatoms. The van der Waals surface area contributed by atoms with Crippen molar-refractivity contribution in [1.29, 1.82) is 0 Å². The Kier molecular flexibility index (Phi) is 8.50. The molecule has 4 heterocycles. The third kappa shape index (κ3) is 5.68. The van der Waals surface area contributed by atoms with Crippen LogP contribution in [0, 0.1) is 0 Å². The Labute approximate surface area is 282 Å². The highest BCUT2D eigenvalue weighted by Crippen LogP contribution is 2.42. The first-order valence-electron chi connectivity index (χ1n) is 15.7. The minimum Gasteiger partial charge on any atom is -0.493 e. The number of carbonyl (C=O) groups is 1. The molecular weight excluding hydrogens is 634 g/mol. The number of halogens is 1. The first kappa shape index (κ1) is 31.4. The van der Waals surface area contributed by atoms with E-state index in [0.29, 0.717) is 37.5 Å². The van der Waals surface area contributed by atoms with Crippen LogP contribution in [-0.4, -0.2) is 41.8 Å². The van der Waals surface area contributed by atoms with Gasteiger partial charge in [-0.1, -0.05) is 48.9 Å². The summed E-state index contributed by atoms with van der Waals surface area (Å²) in [4.78, 5) is 13.9. The van der Waals surface area contributed by atoms with E-state index < -0.39 is 5.97 Å². The lowest BCUT2D eigenvalue weighted by Crippen LogP contribution is -2.09. The molecular formula is C36H36ClN5O4S. The van der Waals surface area contributed by atoms with Crippen LogP contribution in [0.15, 0.2) is 59.5 Å². The number of hydrogen-bond acceptors (Lipinski definition) is 6. The number of rotatable bonds is 2. The monoisotopic (exact) mass is 669 g/mol. The van der Waals surface area contributed by atoms with Crippen LogP contribution >= 0.6 is 23.4 Å². The van der Waals surface area contributed by atoms with Gasteiger partial charge in [0, 0.05) is 65.1 Å². The van der Waals surface area contributed by atoms with Crippen LogP contribution in [0.5, 0.6) is 5.75 Å². The van der Waals surface area contributed by atoms with E-state index in [1.807, 2.05) is 47.7 Å². The van der Waals surface area contributed by atoms with Crippen LogP contribution in [0.4, 0.5) is 0 Å². The van der Waals surface area contributed by atoms with E-state index in [4.69, 9.17) is 31.3 Å². The summed E-state index contributed by atoms with van der Waals surface area (Å²) in [6.45, 7) is 3.08. The van der Waals surface area contributed by atoms with Crippen molar-refractivity contribution >= 4 is 51.0 Å². The molecule has 0 unspecified atom stereocenters. The summed E-state index contributed by atoms with van der Waals surface area (Å²) < 4.78 is 18.2. The SMILES string of the molecule is CCc1c2c(nn1C)COCc1cc(n(C)n1)CSc1cc(c3ccccc3c1)OCCCc1c(C(=O)O)n(C)c3c-2c(Cl)ccc13. The summed E-state index contributed by atoms with van der Waals surface area (Å²) in [5.74, 6) is 0.575. The van der Waals surface area contributed by atoms with Crippen molar-refractivity contribution in [3.8, 4) is 16.9 Å². The van der Waals surface area contributed by atoms with Crippen molar-refractivity contribution < 1.29 is 19.4 Å². The van der Waals surface area contributed by atoms with Gasteiger partial charge in [-0.05, 0) is 54.5 Å². The van der Waals surface area contributed by atoms with Crippen molar-refractivity contribution in [2.75, 3.05) is 6.61 Å². The average molecular weight is 670 g/mol. The number of thioether (sulfide) groups is 1. The van der Waals surface area contributed by atoms with Gasteiger partial charge in [-0.15, -0.1) is 11.8 Å². The van der Waals surface area contributed by atoms with Gasteiger partial charge < -0.3 is 19.1 Å². The van der Waals surface area contributed by atoms with E-state index in [1.54, 1.807) is 23.4 Å². The molecule has 6 aromatic rings. The zero-order valence-corrected chi connectivity index (χ0v) is 28.4. The van der Waals surface area contributed by atoms with Crippen LogP contribution in [0.2, 0.25) is 5.02 Å². The van der Waals surface area contributed by atoms with Crippen LogP contribution in [0.25, 0.3) is 32.8 Å². The van der Waals surface area contributed by atoms with Crippen LogP contribution in [0.1, 0.15) is 52.2 Å². The van der Waals surface area contributed by atoms with Gasteiger partial charge in [-0.25, -0.2) is 4.79 Å². The molecule has 0 atom stereocenters. The topological polar surface area (TPSA) is 96.3 Å². The Morgan fingerprint density at radius 1 is 1.00 bits per heavy atom. The number of carboxylic acids is 1. The maximum atomic E-state index is 12.8. The van der Waals surface area contributed by atoms with Gasteiger partial charge in [0.25, 0.3) is 0 Å². The van der Waals surface area contributed by atoms with E-state index in [1.165, 1.54) is 0 Å². The number of nitrogens with zero attached hydrogens (tertiary/aromatic N) is 5. The van der Waals surface area contributed by atoms with Crippen molar-refractivity contribution in [2.24, 2.45) is 21.1 Å². The summed E-state index contributed by atoms with van der Waals surface area (Å²) in [7, 11) is 5.68. The Morgan fingerprint density at radius 3 is 2.64 bits per heavy atom. The molecule has 3 aromatic heterocycles. The number of aromatic nitrogens is 5. The minimum absolute atomic E-state index is 0.247. The number of benzene rings is 3. The normalized spacial score (nSPS) is 14.2. The van der Waals surface area contributed by atoms with Crippen molar-refractivity contribution in [1.82, 2.24) is 24.1 Å². The number of carboxylic acid groups (broad SMARTS) is 1. The predicted molar refractivity (Wildman–Crippen MR) is 185 cm³/mol. The minimum atomic E-state index is -0.980. The number of hydrogen-bond donors (Lipinski definition) is 1. The fraction of sp³-hybridized carbons (Fsp3) is 0.306. The number of fused-ring (bicyclic) bond motifs is 8. The second kappa shape index (κ2) is 12.7. The molecule has 0 fully saturated rings. The zero-order valence-electron chi connectivity index (χ0n) is 26.8. The third-order valence-corrected chi connectivity index (χ3v) is 10.3. The maximum Gasteiger partial charge on any atom is 0.352 e. The molecule has 9 nitrogen and oxygen atoms in total. The van der Waals surface area contributed by atoms with E-state index in [0.717, 1.165) is 77.5 Å². The fourth-order valence-corrected chi connectivity index (χ4v) is 8.08. The summed E-state index contributed by atoms with van der Waals surface area (Å²) >= 11 is 8.74. The third-order valence-electron chi connectivity index (χ3n) is 8.96. The highest BCUT2D eigenvalue weighted by molar-refractivity contribution is 7.98. The number of aromatic carboxylic acids is 1. The smallest absolute Gasteiger partial charge is 0.352 e. The predicted octanol–water partition coefficient (Wildman–Crippen LogP) is 7.71. The van der Waals surface area contributed by atoms with E-state index >= 15 is 0 Å². The van der Waals surface area contributed by atoms with Gasteiger partial charge >= 0.3 is 5.97 Å². The number of ether oxygens (including phenoxy) is 2. The highest BCUT2D eigenvalue weighted by atomic mass is 35.5. The van der Waals surface area contributed by atoms with Gasteiger partial charge in [-0.2, -0.15) is 10.2 Å². The lowest BCUT2D eigenvalue weighted by atomic mass is 9.97. The molecule has 0 saturated carbocycles. The van der Waals surface area contributed by atoms with Crippen molar-refractivity contribution in [3.63, 3.8) is 0 Å². The molecule has 3 aromatic carbocycles. The Hall–Kier alpha value is -4.25.